The molecule has 0 bridgehead atoms. The zero-order chi connectivity index (χ0) is 17.9. The Balaban J connectivity index is 0.00000312. The fourth-order valence-corrected chi connectivity index (χ4v) is 5.56. The average Bonchev–Trinajstić information content (AvgIpc) is 2.52. The summed E-state index contributed by atoms with van der Waals surface area (Å²) in [7, 11) is -3.68. The molecule has 142 valence electrons. The van der Waals surface area contributed by atoms with Crippen LogP contribution in [0.3, 0.4) is 0 Å². The maximum absolute atomic E-state index is 13.3. The number of sulfonamides is 1. The quantitative estimate of drug-likeness (QED) is 0.594. The predicted octanol–water partition coefficient (Wildman–Crippen LogP) is 2.79. The number of piperidine rings is 1. The summed E-state index contributed by atoms with van der Waals surface area (Å²) in [5, 5.41) is 14.2. The van der Waals surface area contributed by atoms with Gasteiger partial charge in [0.2, 0.25) is 10.0 Å². The second-order valence-corrected chi connectivity index (χ2v) is 8.09. The number of nitrogens with zero attached hydrogens (tertiary/aromatic N) is 2. The molecule has 0 radical (unpaired) electrons. The van der Waals surface area contributed by atoms with Crippen LogP contribution in [0.25, 0.3) is 0 Å². The van der Waals surface area contributed by atoms with Crippen molar-refractivity contribution in [1.29, 1.82) is 0 Å². The van der Waals surface area contributed by atoms with Crippen molar-refractivity contribution in [3.8, 4) is 0 Å². The van der Waals surface area contributed by atoms with Gasteiger partial charge in [-0.1, -0.05) is 6.92 Å². The molecule has 0 aliphatic carbocycles. The number of hydrogen-bond acceptors (Lipinski definition) is 5. The number of hydrogen-bond donors (Lipinski definition) is 1. The molecule has 1 aromatic rings. The summed E-state index contributed by atoms with van der Waals surface area (Å²) in [5.41, 5.74) is 0.779. The third-order valence-corrected chi connectivity index (χ3v) is 6.64. The summed E-state index contributed by atoms with van der Waals surface area (Å²) in [5.74, 6) is 0. The van der Waals surface area contributed by atoms with Crippen LogP contribution < -0.4 is 5.32 Å². The molecule has 0 unspecified atom stereocenters. The Labute approximate surface area is 155 Å². The van der Waals surface area contributed by atoms with Crippen LogP contribution in [0.2, 0.25) is 0 Å². The Kier molecular flexibility index (Phi) is 7.80. The number of rotatable bonds is 6. The van der Waals surface area contributed by atoms with Crippen molar-refractivity contribution in [3.05, 3.63) is 33.4 Å². The van der Waals surface area contributed by atoms with Gasteiger partial charge in [0.15, 0.2) is 0 Å². The molecule has 7 nitrogen and oxygen atoms in total. The van der Waals surface area contributed by atoms with Gasteiger partial charge in [-0.2, -0.15) is 4.31 Å². The van der Waals surface area contributed by atoms with Crippen molar-refractivity contribution in [2.75, 3.05) is 19.6 Å². The van der Waals surface area contributed by atoms with E-state index < -0.39 is 14.9 Å². The zero-order valence-corrected chi connectivity index (χ0v) is 16.5. The topological polar surface area (TPSA) is 92.6 Å². The fraction of sp³-hybridized carbons (Fsp3) is 0.625. The van der Waals surface area contributed by atoms with Gasteiger partial charge in [0.1, 0.15) is 0 Å². The molecule has 25 heavy (non-hydrogen) atoms. The van der Waals surface area contributed by atoms with Crippen LogP contribution in [0, 0.1) is 24.0 Å². The second kappa shape index (κ2) is 8.93. The molecule has 0 atom stereocenters. The molecule has 2 rings (SSSR count). The number of halogens is 1. The number of benzene rings is 1. The Morgan fingerprint density at radius 2 is 1.76 bits per heavy atom. The van der Waals surface area contributed by atoms with Crippen LogP contribution in [0.15, 0.2) is 17.0 Å². The smallest absolute Gasteiger partial charge is 0.270 e. The van der Waals surface area contributed by atoms with E-state index in [1.165, 1.54) is 12.1 Å². The molecule has 1 aromatic carbocycles. The van der Waals surface area contributed by atoms with E-state index in [-0.39, 0.29) is 29.0 Å². The average molecular weight is 392 g/mol. The van der Waals surface area contributed by atoms with Crippen molar-refractivity contribution in [3.63, 3.8) is 0 Å². The minimum Gasteiger partial charge on any atom is -0.317 e. The van der Waals surface area contributed by atoms with E-state index in [4.69, 9.17) is 0 Å². The number of nitrogens with one attached hydrogen (secondary N) is 1. The van der Waals surface area contributed by atoms with Crippen molar-refractivity contribution < 1.29 is 13.3 Å². The maximum Gasteiger partial charge on any atom is 0.270 e. The summed E-state index contributed by atoms with van der Waals surface area (Å²) in [6, 6.07) is 2.66. The van der Waals surface area contributed by atoms with Crippen molar-refractivity contribution in [2.24, 2.45) is 0 Å². The van der Waals surface area contributed by atoms with Gasteiger partial charge >= 0.3 is 0 Å². The lowest BCUT2D eigenvalue weighted by Gasteiger charge is -2.34. The van der Waals surface area contributed by atoms with Gasteiger partial charge in [0.05, 0.1) is 9.82 Å². The van der Waals surface area contributed by atoms with E-state index in [9.17, 15) is 18.5 Å². The third-order valence-electron chi connectivity index (χ3n) is 4.38. The zero-order valence-electron chi connectivity index (χ0n) is 14.8. The first-order valence-corrected chi connectivity index (χ1v) is 9.71. The summed E-state index contributed by atoms with van der Waals surface area (Å²) in [6.45, 7) is 7.28. The van der Waals surface area contributed by atoms with Crippen LogP contribution in [0.5, 0.6) is 0 Å². The monoisotopic (exact) mass is 391 g/mol. The van der Waals surface area contributed by atoms with Gasteiger partial charge in [-0.3, -0.25) is 10.1 Å². The largest absolute Gasteiger partial charge is 0.317 e. The highest BCUT2D eigenvalue weighted by Gasteiger charge is 2.34. The molecule has 1 saturated heterocycles. The molecule has 0 saturated carbocycles. The summed E-state index contributed by atoms with van der Waals surface area (Å²) < 4.78 is 28.2. The lowest BCUT2D eigenvalue weighted by atomic mass is 10.1. The Morgan fingerprint density at radius 3 is 2.20 bits per heavy atom. The molecular weight excluding hydrogens is 366 g/mol. The predicted molar refractivity (Wildman–Crippen MR) is 99.9 cm³/mol. The number of nitro benzene ring substituents is 1. The van der Waals surface area contributed by atoms with Crippen LogP contribution >= 0.6 is 12.4 Å². The van der Waals surface area contributed by atoms with E-state index in [0.29, 0.717) is 17.7 Å². The minimum atomic E-state index is -3.68. The van der Waals surface area contributed by atoms with Crippen molar-refractivity contribution in [2.45, 2.75) is 51.0 Å². The first-order valence-electron chi connectivity index (χ1n) is 8.27. The summed E-state index contributed by atoms with van der Waals surface area (Å²) in [6.07, 6.45) is 2.29. The molecule has 0 amide bonds. The lowest BCUT2D eigenvalue weighted by molar-refractivity contribution is -0.385. The van der Waals surface area contributed by atoms with E-state index in [0.717, 1.165) is 32.4 Å². The van der Waals surface area contributed by atoms with E-state index in [1.54, 1.807) is 18.2 Å². The number of aryl methyl sites for hydroxylation is 2. The van der Waals surface area contributed by atoms with E-state index >= 15 is 0 Å². The normalized spacial score (nSPS) is 15.8. The van der Waals surface area contributed by atoms with Gasteiger partial charge in [-0.25, -0.2) is 8.42 Å². The highest BCUT2D eigenvalue weighted by Crippen LogP contribution is 2.30. The highest BCUT2D eigenvalue weighted by atomic mass is 35.5. The molecule has 1 N–H and O–H groups in total. The van der Waals surface area contributed by atoms with Crippen LogP contribution in [-0.4, -0.2) is 43.3 Å². The molecule has 1 aliphatic heterocycles. The van der Waals surface area contributed by atoms with Crippen molar-refractivity contribution in [1.82, 2.24) is 9.62 Å². The minimum absolute atomic E-state index is 0. The van der Waals surface area contributed by atoms with Gasteiger partial charge in [0, 0.05) is 24.7 Å². The first-order chi connectivity index (χ1) is 11.3. The van der Waals surface area contributed by atoms with Gasteiger partial charge in [0.25, 0.3) is 5.69 Å². The van der Waals surface area contributed by atoms with E-state index in [1.807, 2.05) is 6.92 Å². The molecule has 9 heteroatoms. The Bertz CT molecular complexity index is 695. The van der Waals surface area contributed by atoms with Crippen LogP contribution in [-0.2, 0) is 10.0 Å². The number of nitro groups is 1. The van der Waals surface area contributed by atoms with Crippen LogP contribution in [0.4, 0.5) is 5.69 Å². The van der Waals surface area contributed by atoms with Gasteiger partial charge < -0.3 is 5.32 Å². The van der Waals surface area contributed by atoms with Gasteiger partial charge in [-0.05, 0) is 57.3 Å². The standard InChI is InChI=1S/C16H25N3O4S.ClH/c1-4-9-18(14-5-7-17-8-6-14)24(22,23)16-12(2)10-15(19(20)21)11-13(16)3;/h10-11,14,17H,4-9H2,1-3H3;1H. The SMILES string of the molecule is CCCN(C1CCNCC1)S(=O)(=O)c1c(C)cc([N+](=O)[O-])cc1C.Cl. The lowest BCUT2D eigenvalue weighted by Crippen LogP contribution is -2.46. The molecule has 1 aliphatic rings. The fourth-order valence-electron chi connectivity index (χ4n) is 3.37. The Hall–Kier alpha value is -1.22. The van der Waals surface area contributed by atoms with Crippen molar-refractivity contribution >= 4 is 28.1 Å². The first kappa shape index (κ1) is 21.8. The Morgan fingerprint density at radius 1 is 1.24 bits per heavy atom. The third kappa shape index (κ3) is 4.69. The van der Waals surface area contributed by atoms with E-state index in [2.05, 4.69) is 5.32 Å². The molecule has 1 fully saturated rings. The molecule has 1 heterocycles. The summed E-state index contributed by atoms with van der Waals surface area (Å²) >= 11 is 0. The molecule has 0 spiro atoms. The molecule has 0 aromatic heterocycles. The van der Waals surface area contributed by atoms with Gasteiger partial charge in [-0.15, -0.1) is 12.4 Å². The maximum atomic E-state index is 13.3. The van der Waals surface area contributed by atoms with Crippen LogP contribution in [0.1, 0.15) is 37.3 Å². The summed E-state index contributed by atoms with van der Waals surface area (Å²) in [4.78, 5) is 10.7. The highest BCUT2D eigenvalue weighted by molar-refractivity contribution is 7.89. The second-order valence-electron chi connectivity index (χ2n) is 6.26. The molecular formula is C16H26ClN3O4S. The number of non-ortho nitro benzene ring substituents is 1.